The monoisotopic (exact) mass is 449 g/mol. The van der Waals surface area contributed by atoms with E-state index in [0.29, 0.717) is 41.0 Å². The number of nitrogens with zero attached hydrogens (tertiary/aromatic N) is 3. The van der Waals surface area contributed by atoms with Crippen molar-refractivity contribution in [3.05, 3.63) is 71.7 Å². The third kappa shape index (κ3) is 4.43. The molecule has 3 N–H and O–H groups in total. The van der Waals surface area contributed by atoms with Crippen molar-refractivity contribution in [2.45, 2.75) is 38.1 Å². The number of carbonyl (C=O) groups is 1. The van der Waals surface area contributed by atoms with Gasteiger partial charge in [0.1, 0.15) is 5.82 Å². The Morgan fingerprint density at radius 2 is 2.06 bits per heavy atom. The van der Waals surface area contributed by atoms with Gasteiger partial charge in [-0.1, -0.05) is 18.2 Å². The highest BCUT2D eigenvalue weighted by Gasteiger charge is 2.43. The van der Waals surface area contributed by atoms with Gasteiger partial charge >= 0.3 is 0 Å². The summed E-state index contributed by atoms with van der Waals surface area (Å²) in [7, 11) is 0. The molecule has 0 radical (unpaired) electrons. The Bertz CT molecular complexity index is 1170. The predicted octanol–water partition coefficient (Wildman–Crippen LogP) is 3.51. The van der Waals surface area contributed by atoms with Crippen molar-refractivity contribution in [1.82, 2.24) is 20.3 Å². The lowest BCUT2D eigenvalue weighted by molar-refractivity contribution is -0.0268. The molecular weight excluding hydrogens is 425 g/mol. The first kappa shape index (κ1) is 21.4. The van der Waals surface area contributed by atoms with Crippen molar-refractivity contribution in [1.29, 1.82) is 0 Å². The second-order valence-corrected chi connectivity index (χ2v) is 8.41. The number of benzene rings is 2. The van der Waals surface area contributed by atoms with Gasteiger partial charge in [0, 0.05) is 47.7 Å². The fraction of sp³-hybridized carbons (Fsp3) is 0.292. The van der Waals surface area contributed by atoms with Crippen LogP contribution >= 0.6 is 0 Å². The van der Waals surface area contributed by atoms with Crippen LogP contribution in [-0.2, 0) is 11.3 Å². The first-order valence-electron chi connectivity index (χ1n) is 10.8. The smallest absolute Gasteiger partial charge is 0.274 e. The summed E-state index contributed by atoms with van der Waals surface area (Å²) in [5, 5.41) is 11.8. The van der Waals surface area contributed by atoms with Gasteiger partial charge in [-0.3, -0.25) is 14.9 Å². The lowest BCUT2D eigenvalue weighted by Gasteiger charge is -2.31. The number of morpholine rings is 1. The van der Waals surface area contributed by atoms with E-state index in [4.69, 9.17) is 9.94 Å². The van der Waals surface area contributed by atoms with Crippen molar-refractivity contribution < 1.29 is 19.1 Å². The summed E-state index contributed by atoms with van der Waals surface area (Å²) < 4.78 is 20.7. The number of likely N-dealkylation sites (tertiary alicyclic amines) is 1. The zero-order valence-corrected chi connectivity index (χ0v) is 18.0. The van der Waals surface area contributed by atoms with Crippen molar-refractivity contribution in [3.8, 4) is 11.3 Å². The highest BCUT2D eigenvalue weighted by Crippen LogP contribution is 2.34. The van der Waals surface area contributed by atoms with Crippen LogP contribution in [-0.4, -0.2) is 50.8 Å². The molecule has 1 aromatic heterocycles. The molecule has 2 fully saturated rings. The largest absolute Gasteiger partial charge is 0.372 e. The van der Waals surface area contributed by atoms with Crippen LogP contribution in [0, 0.1) is 5.82 Å². The maximum absolute atomic E-state index is 14.8. The third-order valence-corrected chi connectivity index (χ3v) is 6.24. The first-order chi connectivity index (χ1) is 16.0. The number of hydrogen-bond acceptors (Lipinski definition) is 7. The number of hydrogen-bond donors (Lipinski definition) is 3. The number of nitrogens with one attached hydrogen (secondary N) is 2. The Morgan fingerprint density at radius 1 is 1.24 bits per heavy atom. The van der Waals surface area contributed by atoms with Gasteiger partial charge in [-0.2, -0.15) is 0 Å². The second-order valence-electron chi connectivity index (χ2n) is 8.41. The number of halogens is 1. The van der Waals surface area contributed by atoms with Gasteiger partial charge in [0.2, 0.25) is 5.95 Å². The SMILES string of the molecule is C[C@@H]1OC2CC1N(Cc1ccc(Nc3nccc(-c4ccc(C(=O)NO)cc4)n3)cc1F)C2. The Labute approximate surface area is 190 Å². The first-order valence-corrected chi connectivity index (χ1v) is 10.8. The molecule has 0 saturated carbocycles. The van der Waals surface area contributed by atoms with E-state index in [0.717, 1.165) is 18.5 Å². The normalized spacial score (nSPS) is 21.8. The molecule has 1 amide bonds. The molecule has 2 unspecified atom stereocenters. The van der Waals surface area contributed by atoms with Crippen LogP contribution in [0.1, 0.15) is 29.3 Å². The van der Waals surface area contributed by atoms with Gasteiger partial charge in [-0.25, -0.2) is 19.8 Å². The van der Waals surface area contributed by atoms with Gasteiger partial charge in [0.05, 0.1) is 17.9 Å². The number of fused-ring (bicyclic) bond motifs is 2. The van der Waals surface area contributed by atoms with E-state index in [-0.39, 0.29) is 18.0 Å². The number of ether oxygens (including phenoxy) is 1. The zero-order chi connectivity index (χ0) is 22.9. The quantitative estimate of drug-likeness (QED) is 0.391. The summed E-state index contributed by atoms with van der Waals surface area (Å²) >= 11 is 0. The maximum atomic E-state index is 14.8. The molecule has 5 rings (SSSR count). The summed E-state index contributed by atoms with van der Waals surface area (Å²) in [5.41, 5.74) is 4.55. The van der Waals surface area contributed by atoms with Crippen LogP contribution in [0.2, 0.25) is 0 Å². The van der Waals surface area contributed by atoms with E-state index in [9.17, 15) is 9.18 Å². The maximum Gasteiger partial charge on any atom is 0.274 e. The minimum Gasteiger partial charge on any atom is -0.372 e. The van der Waals surface area contributed by atoms with Gasteiger partial charge < -0.3 is 10.1 Å². The Balaban J connectivity index is 1.28. The van der Waals surface area contributed by atoms with E-state index in [2.05, 4.69) is 27.1 Å². The minimum atomic E-state index is -0.586. The Hall–Kier alpha value is -3.40. The topological polar surface area (TPSA) is 99.6 Å². The molecule has 2 aromatic carbocycles. The van der Waals surface area contributed by atoms with Crippen LogP contribution < -0.4 is 10.8 Å². The Morgan fingerprint density at radius 3 is 2.76 bits per heavy atom. The van der Waals surface area contributed by atoms with Crippen molar-refractivity contribution in [2.75, 3.05) is 11.9 Å². The van der Waals surface area contributed by atoms with Gasteiger partial charge in [0.15, 0.2) is 0 Å². The molecule has 3 atom stereocenters. The predicted molar refractivity (Wildman–Crippen MR) is 120 cm³/mol. The molecule has 0 spiro atoms. The molecule has 8 nitrogen and oxygen atoms in total. The number of hydroxylamine groups is 1. The summed E-state index contributed by atoms with van der Waals surface area (Å²) in [4.78, 5) is 22.5. The Kier molecular flexibility index (Phi) is 5.76. The van der Waals surface area contributed by atoms with Gasteiger partial charge in [-0.05, 0) is 43.7 Å². The minimum absolute atomic E-state index is 0.195. The molecule has 3 heterocycles. The highest BCUT2D eigenvalue weighted by atomic mass is 19.1. The fourth-order valence-electron chi connectivity index (χ4n) is 4.59. The highest BCUT2D eigenvalue weighted by molar-refractivity contribution is 5.93. The average Bonchev–Trinajstić information content (AvgIpc) is 3.39. The number of aromatic nitrogens is 2. The third-order valence-electron chi connectivity index (χ3n) is 6.24. The van der Waals surface area contributed by atoms with Gasteiger partial charge in [-0.15, -0.1) is 0 Å². The summed E-state index contributed by atoms with van der Waals surface area (Å²) in [5.74, 6) is -0.526. The van der Waals surface area contributed by atoms with Crippen LogP contribution in [0.4, 0.5) is 16.0 Å². The lowest BCUT2D eigenvalue weighted by atomic mass is 10.1. The summed E-state index contributed by atoms with van der Waals surface area (Å²) in [6.45, 7) is 3.49. The molecule has 2 saturated heterocycles. The van der Waals surface area contributed by atoms with Crippen molar-refractivity contribution in [3.63, 3.8) is 0 Å². The van der Waals surface area contributed by atoms with E-state index < -0.39 is 5.91 Å². The molecular formula is C24H24FN5O3. The molecule has 2 bridgehead atoms. The molecule has 2 aliphatic heterocycles. The molecule has 170 valence electrons. The summed E-state index contributed by atoms with van der Waals surface area (Å²) in [6, 6.07) is 13.8. The molecule has 3 aromatic rings. The van der Waals surface area contributed by atoms with Gasteiger partial charge in [0.25, 0.3) is 5.91 Å². The zero-order valence-electron chi connectivity index (χ0n) is 18.0. The van der Waals surface area contributed by atoms with Crippen LogP contribution in [0.15, 0.2) is 54.7 Å². The number of rotatable bonds is 6. The number of carbonyl (C=O) groups excluding carboxylic acids is 1. The molecule has 33 heavy (non-hydrogen) atoms. The fourth-order valence-corrected chi connectivity index (χ4v) is 4.59. The molecule has 2 aliphatic rings. The molecule has 0 aliphatic carbocycles. The van der Waals surface area contributed by atoms with E-state index in [1.54, 1.807) is 48.1 Å². The van der Waals surface area contributed by atoms with E-state index in [1.165, 1.54) is 6.07 Å². The average molecular weight is 449 g/mol. The van der Waals surface area contributed by atoms with Crippen LogP contribution in [0.5, 0.6) is 0 Å². The number of amides is 1. The van der Waals surface area contributed by atoms with Crippen LogP contribution in [0.3, 0.4) is 0 Å². The standard InChI is InChI=1S/C24H24FN5O3/c1-14-22-11-19(33-14)13-30(22)12-17-6-7-18(10-20(17)25)27-24-26-9-8-21(28-24)15-2-4-16(5-3-15)23(31)29-32/h2-10,14,19,22,32H,11-13H2,1H3,(H,29,31)(H,26,27,28)/t14-,19?,22?/m0/s1. The van der Waals surface area contributed by atoms with Crippen LogP contribution in [0.25, 0.3) is 11.3 Å². The van der Waals surface area contributed by atoms with E-state index >= 15 is 0 Å². The van der Waals surface area contributed by atoms with Crippen molar-refractivity contribution >= 4 is 17.5 Å². The van der Waals surface area contributed by atoms with Crippen molar-refractivity contribution in [2.24, 2.45) is 0 Å². The summed E-state index contributed by atoms with van der Waals surface area (Å²) in [6.07, 6.45) is 3.09. The molecule has 9 heteroatoms. The number of anilines is 2. The van der Waals surface area contributed by atoms with E-state index in [1.807, 2.05) is 6.07 Å². The lowest BCUT2D eigenvalue weighted by Crippen LogP contribution is -2.41. The second kappa shape index (κ2) is 8.86.